The summed E-state index contributed by atoms with van der Waals surface area (Å²) in [7, 11) is 0. The molecule has 8 aromatic carbocycles. The van der Waals surface area contributed by atoms with Gasteiger partial charge in [-0.2, -0.15) is 0 Å². The summed E-state index contributed by atoms with van der Waals surface area (Å²) < 4.78 is 20.6. The topological polar surface area (TPSA) is 38.8 Å². The Hall–Kier alpha value is -7.56. The lowest BCUT2D eigenvalue weighted by molar-refractivity contribution is 0.425. The molecular formula is C57H39NO3. The first-order valence-corrected chi connectivity index (χ1v) is 21.2. The fraction of sp³-hybridized carbons (Fsp3) is 0.0877. The van der Waals surface area contributed by atoms with Crippen LogP contribution in [0.5, 0.6) is 5.75 Å². The van der Waals surface area contributed by atoms with E-state index in [1.165, 1.54) is 33.4 Å². The third kappa shape index (κ3) is 4.99. The van der Waals surface area contributed by atoms with Gasteiger partial charge in [0, 0.05) is 61.5 Å². The molecule has 0 radical (unpaired) electrons. The molecule has 0 bridgehead atoms. The summed E-state index contributed by atoms with van der Waals surface area (Å²) in [5.74, 6) is 1.87. The number of para-hydroxylation sites is 3. The molecule has 13 rings (SSSR count). The Balaban J connectivity index is 0.978. The van der Waals surface area contributed by atoms with Crippen molar-refractivity contribution < 1.29 is 13.6 Å². The predicted octanol–water partition coefficient (Wildman–Crippen LogP) is 15.6. The number of rotatable bonds is 5. The monoisotopic (exact) mass is 785 g/mol. The minimum Gasteiger partial charge on any atom is -0.460 e. The van der Waals surface area contributed by atoms with Crippen LogP contribution in [0.2, 0.25) is 0 Å². The van der Waals surface area contributed by atoms with E-state index >= 15 is 0 Å². The molecule has 10 aromatic rings. The second kappa shape index (κ2) is 12.7. The van der Waals surface area contributed by atoms with E-state index < -0.39 is 0 Å². The number of nitrogens with zero attached hydrogens (tertiary/aromatic N) is 1. The van der Waals surface area contributed by atoms with Gasteiger partial charge in [-0.15, -0.1) is 0 Å². The zero-order valence-corrected chi connectivity index (χ0v) is 33.8. The number of benzene rings is 8. The first-order valence-electron chi connectivity index (χ1n) is 21.2. The Labute approximate surface area is 353 Å². The molecule has 0 N–H and O–H groups in total. The van der Waals surface area contributed by atoms with Crippen LogP contribution in [-0.2, 0) is 5.41 Å². The molecule has 1 aliphatic heterocycles. The van der Waals surface area contributed by atoms with Gasteiger partial charge in [0.05, 0.1) is 5.69 Å². The average molecular weight is 786 g/mol. The van der Waals surface area contributed by atoms with Crippen molar-refractivity contribution >= 4 is 55.3 Å². The van der Waals surface area contributed by atoms with Gasteiger partial charge in [-0.1, -0.05) is 153 Å². The maximum Gasteiger partial charge on any atom is 0.159 e. The molecule has 0 saturated carbocycles. The summed E-state index contributed by atoms with van der Waals surface area (Å²) in [5, 5.41) is 4.36. The van der Waals surface area contributed by atoms with Crippen LogP contribution >= 0.6 is 0 Å². The zero-order chi connectivity index (χ0) is 40.4. The molecule has 2 aliphatic carbocycles. The lowest BCUT2D eigenvalue weighted by Crippen LogP contribution is -2.20. The standard InChI is InChI=1S/C57H39NO3/c1-57(2)46-19-9-6-15-39(46)40-29-27-37(31-47(40)57)58(48-20-12-18-43-41-16-7-10-21-49(41)60-55(43)48)38-28-30-42-45-33-52-54(44-17-8-11-22-50(44)59-52)53(56(45)61-51(42)32-38)36-25-23-35(24-26-36)34-13-4-3-5-14-34/h3-29,31-33,42H,30H2,1-2H3. The van der Waals surface area contributed by atoms with Crippen LogP contribution in [-0.4, -0.2) is 0 Å². The molecule has 4 nitrogen and oxygen atoms in total. The molecule has 0 fully saturated rings. The molecule has 2 aromatic heterocycles. The molecule has 1 atom stereocenters. The summed E-state index contributed by atoms with van der Waals surface area (Å²) in [6.45, 7) is 4.68. The van der Waals surface area contributed by atoms with Crippen molar-refractivity contribution in [1.82, 2.24) is 0 Å². The first-order chi connectivity index (χ1) is 30.0. The highest BCUT2D eigenvalue weighted by molar-refractivity contribution is 6.15. The Morgan fingerprint density at radius 2 is 1.25 bits per heavy atom. The van der Waals surface area contributed by atoms with Gasteiger partial charge < -0.3 is 18.5 Å². The van der Waals surface area contributed by atoms with Crippen LogP contribution in [0.4, 0.5) is 11.4 Å². The summed E-state index contributed by atoms with van der Waals surface area (Å²) in [5.41, 5.74) is 17.4. The Morgan fingerprint density at radius 1 is 0.557 bits per heavy atom. The van der Waals surface area contributed by atoms with Crippen molar-refractivity contribution in [1.29, 1.82) is 0 Å². The highest BCUT2D eigenvalue weighted by atomic mass is 16.5. The number of hydrogen-bond donors (Lipinski definition) is 0. The van der Waals surface area contributed by atoms with Crippen molar-refractivity contribution in [3.05, 3.63) is 210 Å². The molecule has 4 heteroatoms. The predicted molar refractivity (Wildman–Crippen MR) is 249 cm³/mol. The highest BCUT2D eigenvalue weighted by Gasteiger charge is 2.39. The summed E-state index contributed by atoms with van der Waals surface area (Å²) in [6.07, 6.45) is 5.39. The van der Waals surface area contributed by atoms with Crippen LogP contribution in [0, 0.1) is 0 Å². The molecule has 0 amide bonds. The van der Waals surface area contributed by atoms with E-state index in [0.717, 1.165) is 95.6 Å². The Morgan fingerprint density at radius 3 is 2.10 bits per heavy atom. The zero-order valence-electron chi connectivity index (χ0n) is 33.8. The molecule has 61 heavy (non-hydrogen) atoms. The summed E-state index contributed by atoms with van der Waals surface area (Å²) >= 11 is 0. The smallest absolute Gasteiger partial charge is 0.159 e. The van der Waals surface area contributed by atoms with E-state index in [0.29, 0.717) is 0 Å². The Bertz CT molecular complexity index is 3510. The number of allylic oxidation sites excluding steroid dienone is 3. The molecule has 0 saturated heterocycles. The molecule has 3 heterocycles. The number of ether oxygens (including phenoxy) is 1. The quantitative estimate of drug-likeness (QED) is 0.174. The van der Waals surface area contributed by atoms with E-state index in [2.05, 4.69) is 189 Å². The average Bonchev–Trinajstić information content (AvgIpc) is 4.04. The van der Waals surface area contributed by atoms with Gasteiger partial charge in [-0.3, -0.25) is 0 Å². The van der Waals surface area contributed by atoms with Crippen molar-refractivity contribution in [2.45, 2.75) is 31.6 Å². The lowest BCUT2D eigenvalue weighted by atomic mass is 9.82. The largest absolute Gasteiger partial charge is 0.460 e. The SMILES string of the molecule is CC1(C)c2ccccc2-c2ccc(N(C3=CCC4C(=C3)Oc3c4cc4oc5ccccc5c4c3-c3ccc(-c4ccccc4)cc3)c3cccc4c3oc3ccccc34)cc21. The van der Waals surface area contributed by atoms with Gasteiger partial charge in [0.2, 0.25) is 0 Å². The van der Waals surface area contributed by atoms with Crippen LogP contribution in [0.3, 0.4) is 0 Å². The van der Waals surface area contributed by atoms with Crippen molar-refractivity contribution in [3.63, 3.8) is 0 Å². The normalized spacial score (nSPS) is 15.9. The van der Waals surface area contributed by atoms with Gasteiger partial charge in [-0.25, -0.2) is 0 Å². The van der Waals surface area contributed by atoms with Gasteiger partial charge in [0.15, 0.2) is 5.58 Å². The lowest BCUT2D eigenvalue weighted by Gasteiger charge is -2.30. The minimum absolute atomic E-state index is 0.0380. The number of furan rings is 2. The van der Waals surface area contributed by atoms with E-state index in [1.807, 2.05) is 12.1 Å². The van der Waals surface area contributed by atoms with Gasteiger partial charge in [-0.05, 0) is 81.8 Å². The fourth-order valence-electron chi connectivity index (χ4n) is 10.5. The Kier molecular flexibility index (Phi) is 7.16. The molecule has 3 aliphatic rings. The van der Waals surface area contributed by atoms with E-state index in [9.17, 15) is 0 Å². The van der Waals surface area contributed by atoms with Crippen molar-refractivity contribution in [2.75, 3.05) is 4.90 Å². The number of anilines is 2. The van der Waals surface area contributed by atoms with Crippen molar-refractivity contribution in [2.24, 2.45) is 0 Å². The van der Waals surface area contributed by atoms with Gasteiger partial charge >= 0.3 is 0 Å². The fourth-order valence-corrected chi connectivity index (χ4v) is 10.5. The van der Waals surface area contributed by atoms with E-state index in [-0.39, 0.29) is 11.3 Å². The second-order valence-electron chi connectivity index (χ2n) is 17.1. The van der Waals surface area contributed by atoms with Gasteiger partial charge in [0.25, 0.3) is 0 Å². The van der Waals surface area contributed by atoms with Crippen LogP contribution in [0.1, 0.15) is 42.9 Å². The third-order valence-electron chi connectivity index (χ3n) is 13.4. The molecular weight excluding hydrogens is 747 g/mol. The van der Waals surface area contributed by atoms with E-state index in [1.54, 1.807) is 0 Å². The van der Waals surface area contributed by atoms with E-state index in [4.69, 9.17) is 13.6 Å². The minimum atomic E-state index is -0.156. The van der Waals surface area contributed by atoms with Crippen LogP contribution < -0.4 is 9.64 Å². The second-order valence-corrected chi connectivity index (χ2v) is 17.1. The maximum absolute atomic E-state index is 7.20. The summed E-state index contributed by atoms with van der Waals surface area (Å²) in [4.78, 5) is 2.38. The molecule has 1 unspecified atom stereocenters. The number of fused-ring (bicyclic) bond motifs is 12. The van der Waals surface area contributed by atoms with Crippen LogP contribution in [0.25, 0.3) is 77.3 Å². The third-order valence-corrected chi connectivity index (χ3v) is 13.4. The molecule has 290 valence electrons. The maximum atomic E-state index is 7.20. The summed E-state index contributed by atoms with van der Waals surface area (Å²) in [6, 6.07) is 60.6. The van der Waals surface area contributed by atoms with Crippen LogP contribution in [0.15, 0.2) is 202 Å². The molecule has 0 spiro atoms. The van der Waals surface area contributed by atoms with Crippen molar-refractivity contribution in [3.8, 4) is 39.1 Å². The first kappa shape index (κ1) is 34.3. The number of hydrogen-bond acceptors (Lipinski definition) is 4. The highest BCUT2D eigenvalue weighted by Crippen LogP contribution is 2.56. The van der Waals surface area contributed by atoms with Gasteiger partial charge in [0.1, 0.15) is 28.3 Å².